The van der Waals surface area contributed by atoms with E-state index in [1.165, 1.54) is 17.5 Å². The lowest BCUT2D eigenvalue weighted by Crippen LogP contribution is -2.59. The van der Waals surface area contributed by atoms with Crippen LogP contribution in [0.2, 0.25) is 0 Å². The molecule has 0 spiro atoms. The zero-order chi connectivity index (χ0) is 15.8. The molecule has 1 saturated heterocycles. The summed E-state index contributed by atoms with van der Waals surface area (Å²) >= 11 is 4.30. The van der Waals surface area contributed by atoms with Gasteiger partial charge in [0.25, 0.3) is 0 Å². The fraction of sp³-hybridized carbons (Fsp3) is 0.583. The molecule has 0 aromatic carbocycles. The molecule has 1 aliphatic rings. The summed E-state index contributed by atoms with van der Waals surface area (Å²) in [7, 11) is -2.40. The van der Waals surface area contributed by atoms with Gasteiger partial charge in [0.05, 0.1) is 10.9 Å². The first-order valence-electron chi connectivity index (χ1n) is 6.31. The zero-order valence-corrected chi connectivity index (χ0v) is 15.2. The fourth-order valence-corrected chi connectivity index (χ4v) is 6.48. The third-order valence-corrected chi connectivity index (χ3v) is 7.68. The summed E-state index contributed by atoms with van der Waals surface area (Å²) in [4.78, 5) is 11.9. The van der Waals surface area contributed by atoms with Gasteiger partial charge in [0.2, 0.25) is 10.0 Å². The molecule has 2 heterocycles. The normalized spacial score (nSPS) is 19.4. The van der Waals surface area contributed by atoms with Gasteiger partial charge in [-0.05, 0) is 35.8 Å². The zero-order valence-electron chi connectivity index (χ0n) is 12.0. The second kappa shape index (κ2) is 5.96. The van der Waals surface area contributed by atoms with Crippen LogP contribution in [0.1, 0.15) is 23.5 Å². The minimum atomic E-state index is -3.67. The lowest BCUT2D eigenvalue weighted by Gasteiger charge is -2.41. The number of nitrogens with one attached hydrogen (secondary N) is 1. The summed E-state index contributed by atoms with van der Waals surface area (Å²) in [5.41, 5.74) is -0.524. The third kappa shape index (κ3) is 3.16. The Hall–Kier alpha value is -0.480. The first kappa shape index (κ1) is 16.9. The Balaban J connectivity index is 2.44. The predicted molar refractivity (Wildman–Crippen MR) is 84.2 cm³/mol. The SMILES string of the molecule is COC(=O)c1cc(S(=O)(=O)N2CCNCC2(C)C)c(Br)s1. The number of thiophene rings is 1. The van der Waals surface area contributed by atoms with E-state index in [-0.39, 0.29) is 9.77 Å². The summed E-state index contributed by atoms with van der Waals surface area (Å²) in [6.07, 6.45) is 0. The summed E-state index contributed by atoms with van der Waals surface area (Å²) in [6, 6.07) is 1.37. The number of nitrogens with zero attached hydrogens (tertiary/aromatic N) is 1. The number of sulfonamides is 1. The van der Waals surface area contributed by atoms with Crippen molar-refractivity contribution in [2.75, 3.05) is 26.7 Å². The standard InChI is InChI=1S/C12H17BrN2O4S2/c1-12(2)7-14-4-5-15(12)21(17,18)9-6-8(11(16)19-3)20-10(9)13/h6,14H,4-5,7H2,1-3H3. The van der Waals surface area contributed by atoms with Crippen molar-refractivity contribution in [3.8, 4) is 0 Å². The van der Waals surface area contributed by atoms with Crippen LogP contribution in [0.5, 0.6) is 0 Å². The number of rotatable bonds is 3. The van der Waals surface area contributed by atoms with Crippen LogP contribution in [0.4, 0.5) is 0 Å². The minimum absolute atomic E-state index is 0.114. The number of piperazine rings is 1. The number of halogens is 1. The highest BCUT2D eigenvalue weighted by atomic mass is 79.9. The van der Waals surface area contributed by atoms with Crippen LogP contribution in [0, 0.1) is 0 Å². The van der Waals surface area contributed by atoms with Crippen molar-refractivity contribution < 1.29 is 17.9 Å². The Kier molecular flexibility index (Phi) is 4.79. The number of hydrogen-bond donors (Lipinski definition) is 1. The molecule has 0 saturated carbocycles. The van der Waals surface area contributed by atoms with Gasteiger partial charge in [-0.25, -0.2) is 13.2 Å². The van der Waals surface area contributed by atoms with Gasteiger partial charge in [-0.1, -0.05) is 0 Å². The Morgan fingerprint density at radius 2 is 2.19 bits per heavy atom. The Labute approximate surface area is 136 Å². The average molecular weight is 397 g/mol. The van der Waals surface area contributed by atoms with E-state index in [1.54, 1.807) is 0 Å². The molecule has 1 aromatic rings. The summed E-state index contributed by atoms with van der Waals surface area (Å²) in [6.45, 7) is 5.33. The van der Waals surface area contributed by atoms with Gasteiger partial charge in [-0.2, -0.15) is 4.31 Å². The molecule has 21 heavy (non-hydrogen) atoms. The van der Waals surface area contributed by atoms with Crippen LogP contribution in [-0.2, 0) is 14.8 Å². The average Bonchev–Trinajstić information content (AvgIpc) is 2.80. The molecule has 0 unspecified atom stereocenters. The molecule has 0 aliphatic carbocycles. The molecule has 0 amide bonds. The van der Waals surface area contributed by atoms with Crippen molar-refractivity contribution in [2.45, 2.75) is 24.3 Å². The smallest absolute Gasteiger partial charge is 0.348 e. The fourth-order valence-electron chi connectivity index (χ4n) is 2.26. The van der Waals surface area contributed by atoms with Crippen molar-refractivity contribution in [1.29, 1.82) is 0 Å². The maximum atomic E-state index is 12.9. The molecular weight excluding hydrogens is 380 g/mol. The molecule has 0 bridgehead atoms. The molecule has 118 valence electrons. The van der Waals surface area contributed by atoms with Crippen molar-refractivity contribution in [3.63, 3.8) is 0 Å². The topological polar surface area (TPSA) is 75.7 Å². The minimum Gasteiger partial charge on any atom is -0.465 e. The van der Waals surface area contributed by atoms with Gasteiger partial charge < -0.3 is 10.1 Å². The van der Waals surface area contributed by atoms with E-state index in [0.29, 0.717) is 23.4 Å². The molecule has 0 atom stereocenters. The Morgan fingerprint density at radius 1 is 1.52 bits per heavy atom. The monoisotopic (exact) mass is 396 g/mol. The molecule has 6 nitrogen and oxygen atoms in total. The number of hydrogen-bond acceptors (Lipinski definition) is 6. The van der Waals surface area contributed by atoms with E-state index in [1.807, 2.05) is 13.8 Å². The molecule has 0 radical (unpaired) electrons. The van der Waals surface area contributed by atoms with Gasteiger partial charge in [-0.3, -0.25) is 0 Å². The van der Waals surface area contributed by atoms with E-state index in [0.717, 1.165) is 11.3 Å². The van der Waals surface area contributed by atoms with Crippen molar-refractivity contribution in [3.05, 3.63) is 14.7 Å². The molecular formula is C12H17BrN2O4S2. The van der Waals surface area contributed by atoms with E-state index in [9.17, 15) is 13.2 Å². The number of carbonyl (C=O) groups is 1. The number of carbonyl (C=O) groups excluding carboxylic acids is 1. The highest BCUT2D eigenvalue weighted by Crippen LogP contribution is 2.36. The van der Waals surface area contributed by atoms with Crippen molar-refractivity contribution >= 4 is 43.3 Å². The molecule has 9 heteroatoms. The quantitative estimate of drug-likeness (QED) is 0.786. The van der Waals surface area contributed by atoms with Gasteiger partial charge >= 0.3 is 5.97 Å². The van der Waals surface area contributed by atoms with Gasteiger partial charge in [0, 0.05) is 25.2 Å². The summed E-state index contributed by atoms with van der Waals surface area (Å²) < 4.78 is 32.3. The van der Waals surface area contributed by atoms with E-state index >= 15 is 0 Å². The van der Waals surface area contributed by atoms with Crippen molar-refractivity contribution in [2.24, 2.45) is 0 Å². The van der Waals surface area contributed by atoms with Crippen molar-refractivity contribution in [1.82, 2.24) is 9.62 Å². The number of esters is 1. The largest absolute Gasteiger partial charge is 0.465 e. The van der Waals surface area contributed by atoms with E-state index in [4.69, 9.17) is 0 Å². The maximum Gasteiger partial charge on any atom is 0.348 e. The summed E-state index contributed by atoms with van der Waals surface area (Å²) in [5, 5.41) is 3.19. The van der Waals surface area contributed by atoms with Gasteiger partial charge in [0.1, 0.15) is 9.77 Å². The third-order valence-electron chi connectivity index (χ3n) is 3.33. The second-order valence-electron chi connectivity index (χ2n) is 5.31. The molecule has 1 N–H and O–H groups in total. The molecule has 2 rings (SSSR count). The van der Waals surface area contributed by atoms with Crippen LogP contribution in [0.15, 0.2) is 14.7 Å². The predicted octanol–water partition coefficient (Wildman–Crippen LogP) is 1.67. The van der Waals surface area contributed by atoms with Crippen LogP contribution in [-0.4, -0.2) is 51.0 Å². The highest BCUT2D eigenvalue weighted by molar-refractivity contribution is 9.11. The van der Waals surface area contributed by atoms with Crippen LogP contribution in [0.25, 0.3) is 0 Å². The van der Waals surface area contributed by atoms with Gasteiger partial charge in [0.15, 0.2) is 0 Å². The lowest BCUT2D eigenvalue weighted by molar-refractivity contribution is 0.0606. The van der Waals surface area contributed by atoms with Crippen LogP contribution >= 0.6 is 27.3 Å². The first-order chi connectivity index (χ1) is 9.70. The summed E-state index contributed by atoms with van der Waals surface area (Å²) in [5.74, 6) is -0.540. The Morgan fingerprint density at radius 3 is 2.76 bits per heavy atom. The Bertz CT molecular complexity index is 654. The number of ether oxygens (including phenoxy) is 1. The molecule has 1 aromatic heterocycles. The maximum absolute atomic E-state index is 12.9. The van der Waals surface area contributed by atoms with Gasteiger partial charge in [-0.15, -0.1) is 11.3 Å². The molecule has 1 aliphatic heterocycles. The lowest BCUT2D eigenvalue weighted by atomic mass is 10.0. The molecule has 1 fully saturated rings. The second-order valence-corrected chi connectivity index (χ2v) is 9.51. The van der Waals surface area contributed by atoms with Crippen LogP contribution in [0.3, 0.4) is 0 Å². The van der Waals surface area contributed by atoms with E-state index < -0.39 is 21.5 Å². The number of methoxy groups -OCH3 is 1. The van der Waals surface area contributed by atoms with Crippen LogP contribution < -0.4 is 5.32 Å². The first-order valence-corrected chi connectivity index (χ1v) is 9.36. The van der Waals surface area contributed by atoms with E-state index in [2.05, 4.69) is 26.0 Å². The highest BCUT2D eigenvalue weighted by Gasteiger charge is 2.40.